The van der Waals surface area contributed by atoms with Gasteiger partial charge in [-0.25, -0.2) is 23.0 Å². The van der Waals surface area contributed by atoms with Gasteiger partial charge < -0.3 is 4.74 Å². The van der Waals surface area contributed by atoms with Crippen LogP contribution in [0.2, 0.25) is 0 Å². The molecule has 0 spiro atoms. The van der Waals surface area contributed by atoms with Gasteiger partial charge in [0, 0.05) is 24.0 Å². The average Bonchev–Trinajstić information content (AvgIpc) is 2.93. The Hall–Kier alpha value is -3.68. The minimum atomic E-state index is -1.54. The van der Waals surface area contributed by atoms with Gasteiger partial charge in [0.15, 0.2) is 17.5 Å². The highest BCUT2D eigenvalue weighted by molar-refractivity contribution is 5.84. The molecule has 10 heteroatoms. The number of halogens is 4. The maximum atomic E-state index is 14.7. The van der Waals surface area contributed by atoms with Crippen LogP contribution in [-0.4, -0.2) is 47.7 Å². The second-order valence-corrected chi connectivity index (χ2v) is 9.37. The van der Waals surface area contributed by atoms with Gasteiger partial charge in [-0.05, 0) is 68.0 Å². The largest absolute Gasteiger partial charge is 0.497 e. The molecule has 4 rings (SSSR count). The van der Waals surface area contributed by atoms with E-state index >= 15 is 0 Å². The maximum Gasteiger partial charge on any atom is 0.249 e. The molecule has 1 saturated heterocycles. The summed E-state index contributed by atoms with van der Waals surface area (Å²) < 4.78 is 59.8. The molecule has 1 aromatic heterocycles. The van der Waals surface area contributed by atoms with Gasteiger partial charge in [0.1, 0.15) is 11.6 Å². The van der Waals surface area contributed by atoms with E-state index in [1.54, 1.807) is 23.7 Å². The number of amides is 1. The monoisotopic (exact) mass is 529 g/mol. The first-order valence-electron chi connectivity index (χ1n) is 12.2. The highest BCUT2D eigenvalue weighted by Gasteiger charge is 2.40. The van der Waals surface area contributed by atoms with Crippen molar-refractivity contribution in [1.29, 1.82) is 0 Å². The summed E-state index contributed by atoms with van der Waals surface area (Å²) in [6.07, 6.45) is 3.37. The molecule has 38 heavy (non-hydrogen) atoms. The highest BCUT2D eigenvalue weighted by atomic mass is 19.2. The number of fused-ring (bicyclic) bond motifs is 1. The molecule has 1 aliphatic heterocycles. The molecule has 3 aromatic rings. The number of benzene rings is 2. The molecule has 0 atom stereocenters. The Morgan fingerprint density at radius 2 is 1.84 bits per heavy atom. The summed E-state index contributed by atoms with van der Waals surface area (Å²) in [5.74, 6) is 0.993. The van der Waals surface area contributed by atoms with Crippen LogP contribution >= 0.6 is 0 Å². The molecule has 1 amide bonds. The van der Waals surface area contributed by atoms with Crippen molar-refractivity contribution in [1.82, 2.24) is 15.4 Å². The number of nitrogens with zero attached hydrogens (tertiary/aromatic N) is 2. The van der Waals surface area contributed by atoms with Gasteiger partial charge in [-0.3, -0.25) is 19.9 Å². The summed E-state index contributed by atoms with van der Waals surface area (Å²) in [7, 11) is 1.53. The fraction of sp³-hybridized carbons (Fsp3) is 0.357. The van der Waals surface area contributed by atoms with Gasteiger partial charge in [-0.1, -0.05) is 11.8 Å². The van der Waals surface area contributed by atoms with Crippen molar-refractivity contribution >= 4 is 16.8 Å². The van der Waals surface area contributed by atoms with E-state index in [0.717, 1.165) is 12.1 Å². The number of carbonyl (C=O) groups excluding carboxylic acids is 1. The number of aromatic nitrogens is 1. The van der Waals surface area contributed by atoms with E-state index in [1.165, 1.54) is 13.3 Å². The van der Waals surface area contributed by atoms with Crippen LogP contribution in [0.1, 0.15) is 36.8 Å². The van der Waals surface area contributed by atoms with E-state index in [-0.39, 0.29) is 12.1 Å². The van der Waals surface area contributed by atoms with Crippen molar-refractivity contribution in [3.8, 4) is 17.6 Å². The van der Waals surface area contributed by atoms with Gasteiger partial charge in [-0.15, -0.1) is 0 Å². The lowest BCUT2D eigenvalue weighted by Crippen LogP contribution is -2.48. The minimum Gasteiger partial charge on any atom is -0.497 e. The number of piperidine rings is 1. The lowest BCUT2D eigenvalue weighted by molar-refractivity contribution is -0.143. The lowest BCUT2D eigenvalue weighted by Gasteiger charge is -2.39. The van der Waals surface area contributed by atoms with E-state index in [9.17, 15) is 27.6 Å². The van der Waals surface area contributed by atoms with Crippen molar-refractivity contribution < 1.29 is 32.3 Å². The molecule has 0 saturated carbocycles. The zero-order valence-corrected chi connectivity index (χ0v) is 20.8. The Kier molecular flexibility index (Phi) is 8.49. The van der Waals surface area contributed by atoms with E-state index in [1.807, 2.05) is 4.90 Å². The number of hydrogen-bond acceptors (Lipinski definition) is 5. The van der Waals surface area contributed by atoms with Gasteiger partial charge in [-0.2, -0.15) is 0 Å². The molecule has 0 radical (unpaired) electrons. The van der Waals surface area contributed by atoms with Gasteiger partial charge in [0.05, 0.1) is 30.8 Å². The first kappa shape index (κ1) is 27.4. The second kappa shape index (κ2) is 11.8. The predicted octanol–water partition coefficient (Wildman–Crippen LogP) is 4.76. The summed E-state index contributed by atoms with van der Waals surface area (Å²) in [5, 5.41) is 10.1. The molecule has 200 valence electrons. The fourth-order valence-corrected chi connectivity index (χ4v) is 4.92. The van der Waals surface area contributed by atoms with Gasteiger partial charge >= 0.3 is 0 Å². The van der Waals surface area contributed by atoms with Crippen molar-refractivity contribution in [2.75, 3.05) is 26.7 Å². The number of pyridine rings is 1. The molecule has 1 fully saturated rings. The molecule has 2 heterocycles. The van der Waals surface area contributed by atoms with Crippen LogP contribution in [0.5, 0.6) is 5.75 Å². The number of likely N-dealkylation sites (tertiary alicyclic amines) is 1. The van der Waals surface area contributed by atoms with E-state index < -0.39 is 34.6 Å². The smallest absolute Gasteiger partial charge is 0.249 e. The third-order valence-corrected chi connectivity index (χ3v) is 7.13. The average molecular weight is 530 g/mol. The molecule has 1 aliphatic rings. The molecule has 0 unspecified atom stereocenters. The zero-order valence-electron chi connectivity index (χ0n) is 20.8. The Morgan fingerprint density at radius 1 is 1.13 bits per heavy atom. The number of hydroxylamine groups is 1. The topological polar surface area (TPSA) is 74.7 Å². The number of carbonyl (C=O) groups is 1. The molecule has 6 nitrogen and oxygen atoms in total. The number of methoxy groups -OCH3 is 1. The van der Waals surface area contributed by atoms with Crippen LogP contribution in [0.4, 0.5) is 17.6 Å². The maximum absolute atomic E-state index is 14.7. The van der Waals surface area contributed by atoms with Crippen LogP contribution < -0.4 is 10.2 Å². The standard InChI is InChI=1S/C28H27F4N3O3/c1-38-19-6-7-25-21(16-19)20(24(31)17-33-25)5-2-8-28(27(36)34-37)9-12-35(13-10-28)11-3-4-18-14-22(29)26(32)23(30)15-18/h6-7,14-17,37H,2,5,8-13H2,1H3,(H,34,36). The van der Waals surface area contributed by atoms with E-state index in [4.69, 9.17) is 4.74 Å². The van der Waals surface area contributed by atoms with Crippen LogP contribution in [0.25, 0.3) is 10.9 Å². The number of aryl methyl sites for hydroxylation is 1. The molecular formula is C28H27F4N3O3. The first-order chi connectivity index (χ1) is 18.3. The second-order valence-electron chi connectivity index (χ2n) is 9.37. The first-order valence-corrected chi connectivity index (χ1v) is 12.2. The Morgan fingerprint density at radius 3 is 2.50 bits per heavy atom. The van der Waals surface area contributed by atoms with Crippen LogP contribution in [0.15, 0.2) is 36.5 Å². The van der Waals surface area contributed by atoms with Gasteiger partial charge in [0.2, 0.25) is 5.91 Å². The van der Waals surface area contributed by atoms with Gasteiger partial charge in [0.25, 0.3) is 0 Å². The fourth-order valence-electron chi connectivity index (χ4n) is 4.92. The van der Waals surface area contributed by atoms with Crippen LogP contribution in [0.3, 0.4) is 0 Å². The van der Waals surface area contributed by atoms with E-state index in [0.29, 0.717) is 67.4 Å². The van der Waals surface area contributed by atoms with Crippen LogP contribution in [0, 0.1) is 40.5 Å². The predicted molar refractivity (Wildman–Crippen MR) is 132 cm³/mol. The summed E-state index contributed by atoms with van der Waals surface area (Å²) >= 11 is 0. The summed E-state index contributed by atoms with van der Waals surface area (Å²) in [6.45, 7) is 1.28. The van der Waals surface area contributed by atoms with Crippen molar-refractivity contribution in [3.05, 3.63) is 70.9 Å². The normalized spacial score (nSPS) is 15.1. The SMILES string of the molecule is COc1ccc2ncc(F)c(CCCC3(C(=O)NO)CCN(CC#Cc4cc(F)c(F)c(F)c4)CC3)c2c1. The summed E-state index contributed by atoms with van der Waals surface area (Å²) in [4.78, 5) is 18.8. The third-order valence-electron chi connectivity index (χ3n) is 7.13. The molecule has 0 bridgehead atoms. The highest BCUT2D eigenvalue weighted by Crippen LogP contribution is 2.37. The minimum absolute atomic E-state index is 0.0286. The number of nitrogens with one attached hydrogen (secondary N) is 1. The summed E-state index contributed by atoms with van der Waals surface area (Å²) in [6, 6.07) is 6.93. The van der Waals surface area contributed by atoms with Crippen molar-refractivity contribution in [2.45, 2.75) is 32.1 Å². The molecule has 0 aliphatic carbocycles. The lowest BCUT2D eigenvalue weighted by atomic mass is 9.73. The Balaban J connectivity index is 1.40. The molecule has 2 N–H and O–H groups in total. The van der Waals surface area contributed by atoms with Crippen LogP contribution in [-0.2, 0) is 11.2 Å². The summed E-state index contributed by atoms with van der Waals surface area (Å²) in [5.41, 5.74) is 2.12. The van der Waals surface area contributed by atoms with Crippen molar-refractivity contribution in [3.63, 3.8) is 0 Å². The van der Waals surface area contributed by atoms with E-state index in [2.05, 4.69) is 16.8 Å². The molecule has 2 aromatic carbocycles. The third kappa shape index (κ3) is 5.90. The molecular weight excluding hydrogens is 502 g/mol. The number of rotatable bonds is 7. The zero-order chi connectivity index (χ0) is 27.3. The van der Waals surface area contributed by atoms with Crippen molar-refractivity contribution in [2.24, 2.45) is 5.41 Å². The Labute approximate surface area is 217 Å². The number of hydrogen-bond donors (Lipinski definition) is 2. The Bertz CT molecular complexity index is 1370. The quantitative estimate of drug-likeness (QED) is 0.152. The number of ether oxygens (including phenoxy) is 1.